The monoisotopic (exact) mass is 129 g/mol. The van der Waals surface area contributed by atoms with Gasteiger partial charge in [-0.3, -0.25) is 0 Å². The van der Waals surface area contributed by atoms with Crippen LogP contribution in [0.25, 0.3) is 0 Å². The van der Waals surface area contributed by atoms with Crippen LogP contribution in [-0.2, 0) is 0 Å². The Balaban J connectivity index is 3.15. The van der Waals surface area contributed by atoms with E-state index in [1.54, 1.807) is 0 Å². The van der Waals surface area contributed by atoms with Crippen LogP contribution in [0.4, 0.5) is 0 Å². The highest BCUT2D eigenvalue weighted by atomic mass is 16.3. The van der Waals surface area contributed by atoms with Gasteiger partial charge in [0.2, 0.25) is 0 Å². The lowest BCUT2D eigenvalue weighted by molar-refractivity contribution is 0.232. The summed E-state index contributed by atoms with van der Waals surface area (Å²) in [6, 6.07) is 0. The van der Waals surface area contributed by atoms with E-state index >= 15 is 0 Å². The van der Waals surface area contributed by atoms with Crippen LogP contribution in [0, 0.1) is 0 Å². The van der Waals surface area contributed by atoms with Crippen LogP contribution in [0.15, 0.2) is 12.2 Å². The molecule has 2 nitrogen and oxygen atoms in total. The Bertz CT molecular complexity index is 81.0. The summed E-state index contributed by atoms with van der Waals surface area (Å²) in [7, 11) is 1.98. The van der Waals surface area contributed by atoms with Crippen molar-refractivity contribution in [2.75, 3.05) is 26.7 Å². The Labute approximate surface area is 56.8 Å². The van der Waals surface area contributed by atoms with Crippen molar-refractivity contribution in [2.24, 2.45) is 0 Å². The van der Waals surface area contributed by atoms with Gasteiger partial charge in [0.05, 0.1) is 6.61 Å². The maximum Gasteiger partial charge on any atom is 0.0558 e. The molecule has 54 valence electrons. The number of hydrogen-bond acceptors (Lipinski definition) is 2. The van der Waals surface area contributed by atoms with E-state index in [-0.39, 0.29) is 6.61 Å². The van der Waals surface area contributed by atoms with Crippen LogP contribution in [0.1, 0.15) is 6.92 Å². The Morgan fingerprint density at radius 1 is 1.56 bits per heavy atom. The normalized spacial score (nSPS) is 11.6. The SMILES string of the molecule is C/C=C/CN(C)CCO. The Kier molecular flexibility index (Phi) is 5.57. The average molecular weight is 129 g/mol. The molecule has 0 aromatic carbocycles. The van der Waals surface area contributed by atoms with Gasteiger partial charge in [-0.25, -0.2) is 0 Å². The van der Waals surface area contributed by atoms with Gasteiger partial charge in [-0.2, -0.15) is 0 Å². The molecule has 1 N–H and O–H groups in total. The summed E-state index contributed by atoms with van der Waals surface area (Å²) in [6.45, 7) is 3.92. The molecule has 0 atom stereocenters. The zero-order valence-electron chi connectivity index (χ0n) is 6.17. The summed E-state index contributed by atoms with van der Waals surface area (Å²) < 4.78 is 0. The van der Waals surface area contributed by atoms with Crippen LogP contribution in [-0.4, -0.2) is 36.8 Å². The summed E-state index contributed by atoms with van der Waals surface area (Å²) in [5.41, 5.74) is 0. The first kappa shape index (κ1) is 8.66. The van der Waals surface area contributed by atoms with E-state index < -0.39 is 0 Å². The number of hydrogen-bond donors (Lipinski definition) is 1. The van der Waals surface area contributed by atoms with E-state index in [1.807, 2.05) is 20.0 Å². The highest BCUT2D eigenvalue weighted by Crippen LogP contribution is 1.80. The summed E-state index contributed by atoms with van der Waals surface area (Å²) >= 11 is 0. The van der Waals surface area contributed by atoms with Gasteiger partial charge in [-0.1, -0.05) is 12.2 Å². The predicted molar refractivity (Wildman–Crippen MR) is 39.4 cm³/mol. The van der Waals surface area contributed by atoms with Crippen LogP contribution < -0.4 is 0 Å². The van der Waals surface area contributed by atoms with Crippen molar-refractivity contribution in [2.45, 2.75) is 6.92 Å². The van der Waals surface area contributed by atoms with Gasteiger partial charge >= 0.3 is 0 Å². The summed E-state index contributed by atoms with van der Waals surface area (Å²) in [4.78, 5) is 2.06. The van der Waals surface area contributed by atoms with E-state index in [9.17, 15) is 0 Å². The van der Waals surface area contributed by atoms with E-state index in [0.717, 1.165) is 13.1 Å². The van der Waals surface area contributed by atoms with Crippen molar-refractivity contribution in [3.63, 3.8) is 0 Å². The second-order valence-corrected chi connectivity index (χ2v) is 2.05. The highest BCUT2D eigenvalue weighted by Gasteiger charge is 1.89. The summed E-state index contributed by atoms with van der Waals surface area (Å²) in [6.07, 6.45) is 4.07. The largest absolute Gasteiger partial charge is 0.395 e. The minimum absolute atomic E-state index is 0.244. The van der Waals surface area contributed by atoms with Crippen molar-refractivity contribution in [3.05, 3.63) is 12.2 Å². The zero-order valence-corrected chi connectivity index (χ0v) is 6.17. The third-order valence-corrected chi connectivity index (χ3v) is 1.13. The first-order chi connectivity index (χ1) is 4.31. The van der Waals surface area contributed by atoms with Gasteiger partial charge in [-0.05, 0) is 14.0 Å². The molecule has 0 amide bonds. The molecule has 0 radical (unpaired) electrons. The second kappa shape index (κ2) is 5.79. The van der Waals surface area contributed by atoms with Crippen molar-refractivity contribution in [1.29, 1.82) is 0 Å². The van der Waals surface area contributed by atoms with Crippen LogP contribution in [0.3, 0.4) is 0 Å². The second-order valence-electron chi connectivity index (χ2n) is 2.05. The molecule has 0 aliphatic heterocycles. The van der Waals surface area contributed by atoms with E-state index in [2.05, 4.69) is 11.0 Å². The Morgan fingerprint density at radius 2 is 2.22 bits per heavy atom. The van der Waals surface area contributed by atoms with Crippen LogP contribution in [0.5, 0.6) is 0 Å². The Morgan fingerprint density at radius 3 is 2.67 bits per heavy atom. The molecule has 0 spiro atoms. The first-order valence-corrected chi connectivity index (χ1v) is 3.21. The topological polar surface area (TPSA) is 23.5 Å². The van der Waals surface area contributed by atoms with E-state index in [0.29, 0.717) is 0 Å². The third kappa shape index (κ3) is 5.53. The fraction of sp³-hybridized carbons (Fsp3) is 0.714. The molecular formula is C7H15NO. The molecule has 0 aliphatic carbocycles. The molecule has 0 fully saturated rings. The number of allylic oxidation sites excluding steroid dienone is 1. The molecule has 0 saturated carbocycles. The minimum Gasteiger partial charge on any atom is -0.395 e. The molecule has 0 aliphatic rings. The maximum atomic E-state index is 8.47. The lowest BCUT2D eigenvalue weighted by Crippen LogP contribution is -2.21. The van der Waals surface area contributed by atoms with E-state index in [4.69, 9.17) is 5.11 Å². The fourth-order valence-electron chi connectivity index (χ4n) is 0.547. The molecule has 2 heteroatoms. The van der Waals surface area contributed by atoms with Crippen molar-refractivity contribution in [3.8, 4) is 0 Å². The number of nitrogens with zero attached hydrogens (tertiary/aromatic N) is 1. The summed E-state index contributed by atoms with van der Waals surface area (Å²) in [5, 5.41) is 8.47. The molecule has 0 unspecified atom stereocenters. The van der Waals surface area contributed by atoms with Gasteiger partial charge in [0.15, 0.2) is 0 Å². The molecule has 0 aromatic rings. The van der Waals surface area contributed by atoms with Gasteiger partial charge in [0, 0.05) is 13.1 Å². The van der Waals surface area contributed by atoms with Crippen molar-refractivity contribution < 1.29 is 5.11 Å². The number of rotatable bonds is 4. The number of likely N-dealkylation sites (N-methyl/N-ethyl adjacent to an activating group) is 1. The molecule has 9 heavy (non-hydrogen) atoms. The predicted octanol–water partition coefficient (Wildman–Crippen LogP) is 0.487. The molecular weight excluding hydrogens is 114 g/mol. The number of aliphatic hydroxyl groups is 1. The molecule has 0 saturated heterocycles. The smallest absolute Gasteiger partial charge is 0.0558 e. The lowest BCUT2D eigenvalue weighted by atomic mass is 10.5. The van der Waals surface area contributed by atoms with Crippen molar-refractivity contribution >= 4 is 0 Å². The van der Waals surface area contributed by atoms with Crippen LogP contribution in [0.2, 0.25) is 0 Å². The third-order valence-electron chi connectivity index (χ3n) is 1.13. The average Bonchev–Trinajstić information content (AvgIpc) is 1.85. The maximum absolute atomic E-state index is 8.47. The minimum atomic E-state index is 0.244. The lowest BCUT2D eigenvalue weighted by Gasteiger charge is -2.10. The molecule has 0 rings (SSSR count). The van der Waals surface area contributed by atoms with E-state index in [1.165, 1.54) is 0 Å². The van der Waals surface area contributed by atoms with Crippen molar-refractivity contribution in [1.82, 2.24) is 4.90 Å². The van der Waals surface area contributed by atoms with Gasteiger partial charge in [-0.15, -0.1) is 0 Å². The quantitative estimate of drug-likeness (QED) is 0.558. The van der Waals surface area contributed by atoms with Gasteiger partial charge in [0.1, 0.15) is 0 Å². The number of aliphatic hydroxyl groups excluding tert-OH is 1. The highest BCUT2D eigenvalue weighted by molar-refractivity contribution is 4.79. The standard InChI is InChI=1S/C7H15NO/c1-3-4-5-8(2)6-7-9/h3-4,9H,5-7H2,1-2H3/b4-3+. The van der Waals surface area contributed by atoms with Gasteiger partial charge in [0.25, 0.3) is 0 Å². The summed E-state index contributed by atoms with van der Waals surface area (Å²) in [5.74, 6) is 0. The molecule has 0 heterocycles. The van der Waals surface area contributed by atoms with Crippen LogP contribution >= 0.6 is 0 Å². The van der Waals surface area contributed by atoms with Gasteiger partial charge < -0.3 is 10.0 Å². The first-order valence-electron chi connectivity index (χ1n) is 3.21. The molecule has 0 aromatic heterocycles. The Hall–Kier alpha value is -0.340. The zero-order chi connectivity index (χ0) is 7.11. The molecule has 0 bridgehead atoms. The fourth-order valence-corrected chi connectivity index (χ4v) is 0.547.